The number of nitrogens with zero attached hydrogens (tertiary/aromatic N) is 1. The van der Waals surface area contributed by atoms with E-state index in [1.54, 1.807) is 6.92 Å². The van der Waals surface area contributed by atoms with Gasteiger partial charge in [0.2, 0.25) is 5.91 Å². The van der Waals surface area contributed by atoms with Gasteiger partial charge in [-0.25, -0.2) is 0 Å². The molecule has 0 heterocycles. The lowest BCUT2D eigenvalue weighted by Crippen LogP contribution is -2.50. The third kappa shape index (κ3) is 6.76. The molecule has 0 radical (unpaired) electrons. The van der Waals surface area contributed by atoms with Crippen LogP contribution in [-0.4, -0.2) is 54.7 Å². The van der Waals surface area contributed by atoms with Gasteiger partial charge in [-0.15, -0.1) is 0 Å². The van der Waals surface area contributed by atoms with Crippen molar-refractivity contribution < 1.29 is 9.90 Å². The number of nitrogens with two attached hydrogens (primary N) is 1. The van der Waals surface area contributed by atoms with Crippen molar-refractivity contribution in [3.8, 4) is 0 Å². The largest absolute Gasteiger partial charge is 0.387 e. The normalized spacial score (nSPS) is 16.9. The molecule has 0 saturated heterocycles. The van der Waals surface area contributed by atoms with Gasteiger partial charge < -0.3 is 21.1 Å². The van der Waals surface area contributed by atoms with E-state index in [0.29, 0.717) is 13.0 Å². The fraction of sp³-hybridized carbons (Fsp3) is 0.909. The molecule has 4 N–H and O–H groups in total. The van der Waals surface area contributed by atoms with E-state index < -0.39 is 11.6 Å². The van der Waals surface area contributed by atoms with Crippen molar-refractivity contribution in [3.05, 3.63) is 0 Å². The van der Waals surface area contributed by atoms with Gasteiger partial charge in [-0.2, -0.15) is 0 Å². The molecule has 16 heavy (non-hydrogen) atoms. The number of hydrogen-bond donors (Lipinski definition) is 3. The predicted molar refractivity (Wildman–Crippen MR) is 65.1 cm³/mol. The first-order chi connectivity index (χ1) is 7.28. The van der Waals surface area contributed by atoms with E-state index in [4.69, 9.17) is 5.73 Å². The summed E-state index contributed by atoms with van der Waals surface area (Å²) in [6, 6.07) is -0.472. The lowest BCUT2D eigenvalue weighted by molar-refractivity contribution is -0.123. The van der Waals surface area contributed by atoms with Crippen molar-refractivity contribution in [3.63, 3.8) is 0 Å². The second-order valence-corrected chi connectivity index (χ2v) is 4.85. The van der Waals surface area contributed by atoms with Crippen LogP contribution >= 0.6 is 0 Å². The Morgan fingerprint density at radius 1 is 1.56 bits per heavy atom. The van der Waals surface area contributed by atoms with Crippen molar-refractivity contribution in [2.45, 2.75) is 38.3 Å². The maximum atomic E-state index is 11.5. The van der Waals surface area contributed by atoms with Gasteiger partial charge in [0.05, 0.1) is 11.6 Å². The van der Waals surface area contributed by atoms with Crippen LogP contribution in [0.2, 0.25) is 0 Å². The minimum absolute atomic E-state index is 0.194. The van der Waals surface area contributed by atoms with Crippen LogP contribution in [0.15, 0.2) is 0 Å². The molecule has 0 aromatic carbocycles. The lowest BCUT2D eigenvalue weighted by atomic mass is 10.1. The van der Waals surface area contributed by atoms with E-state index in [9.17, 15) is 9.90 Å². The molecular formula is C11H25N3O2. The van der Waals surface area contributed by atoms with Gasteiger partial charge in [-0.05, 0) is 27.4 Å². The Hall–Kier alpha value is -0.650. The first kappa shape index (κ1) is 15.3. The Bertz CT molecular complexity index is 217. The maximum Gasteiger partial charge on any atom is 0.237 e. The van der Waals surface area contributed by atoms with Gasteiger partial charge >= 0.3 is 0 Å². The summed E-state index contributed by atoms with van der Waals surface area (Å²) < 4.78 is 0. The number of carbonyl (C=O) groups is 1. The standard InChI is InChI=1S/C11H25N3O2/c1-5-6-9(12)10(15)13-7-11(2,16)8-14(3)4/h9,16H,5-8,12H2,1-4H3,(H,13,15). The average Bonchev–Trinajstić information content (AvgIpc) is 2.12. The Labute approximate surface area is 98.0 Å². The van der Waals surface area contributed by atoms with Crippen molar-refractivity contribution >= 4 is 5.91 Å². The number of nitrogens with one attached hydrogen (secondary N) is 1. The molecule has 2 unspecified atom stereocenters. The highest BCUT2D eigenvalue weighted by molar-refractivity contribution is 5.81. The lowest BCUT2D eigenvalue weighted by Gasteiger charge is -2.27. The van der Waals surface area contributed by atoms with Crippen molar-refractivity contribution in [2.24, 2.45) is 5.73 Å². The van der Waals surface area contributed by atoms with E-state index in [1.807, 2.05) is 25.9 Å². The molecule has 0 bridgehead atoms. The molecule has 96 valence electrons. The van der Waals surface area contributed by atoms with Crippen LogP contribution in [0.4, 0.5) is 0 Å². The Morgan fingerprint density at radius 3 is 2.56 bits per heavy atom. The molecule has 0 aromatic heterocycles. The summed E-state index contributed by atoms with van der Waals surface area (Å²) in [4.78, 5) is 13.4. The molecular weight excluding hydrogens is 206 g/mol. The molecule has 2 atom stereocenters. The highest BCUT2D eigenvalue weighted by Gasteiger charge is 2.23. The van der Waals surface area contributed by atoms with Gasteiger partial charge in [-0.3, -0.25) is 4.79 Å². The van der Waals surface area contributed by atoms with Gasteiger partial charge in [-0.1, -0.05) is 13.3 Å². The average molecular weight is 231 g/mol. The highest BCUT2D eigenvalue weighted by atomic mass is 16.3. The van der Waals surface area contributed by atoms with Crippen molar-refractivity contribution in [2.75, 3.05) is 27.2 Å². The smallest absolute Gasteiger partial charge is 0.237 e. The highest BCUT2D eigenvalue weighted by Crippen LogP contribution is 2.03. The van der Waals surface area contributed by atoms with E-state index in [0.717, 1.165) is 6.42 Å². The van der Waals surface area contributed by atoms with E-state index in [-0.39, 0.29) is 12.5 Å². The fourth-order valence-electron chi connectivity index (χ4n) is 1.59. The molecule has 0 aromatic rings. The zero-order valence-corrected chi connectivity index (χ0v) is 10.8. The molecule has 0 spiro atoms. The number of amides is 1. The number of rotatable bonds is 7. The van der Waals surface area contributed by atoms with Gasteiger partial charge in [0.25, 0.3) is 0 Å². The Kier molecular flexibility index (Phi) is 6.55. The van der Waals surface area contributed by atoms with Crippen LogP contribution in [0.3, 0.4) is 0 Å². The maximum absolute atomic E-state index is 11.5. The summed E-state index contributed by atoms with van der Waals surface area (Å²) >= 11 is 0. The number of hydrogen-bond acceptors (Lipinski definition) is 4. The monoisotopic (exact) mass is 231 g/mol. The minimum Gasteiger partial charge on any atom is -0.387 e. The first-order valence-corrected chi connectivity index (χ1v) is 5.69. The van der Waals surface area contributed by atoms with E-state index in [1.165, 1.54) is 0 Å². The first-order valence-electron chi connectivity index (χ1n) is 5.69. The van der Waals surface area contributed by atoms with E-state index >= 15 is 0 Å². The summed E-state index contributed by atoms with van der Waals surface area (Å²) in [6.07, 6.45) is 1.55. The van der Waals surface area contributed by atoms with Gasteiger partial charge in [0.15, 0.2) is 0 Å². The molecule has 1 amide bonds. The second kappa shape index (κ2) is 6.83. The Morgan fingerprint density at radius 2 is 2.12 bits per heavy atom. The number of aliphatic hydroxyl groups is 1. The zero-order chi connectivity index (χ0) is 12.8. The third-order valence-corrected chi connectivity index (χ3v) is 2.24. The van der Waals surface area contributed by atoms with Crippen molar-refractivity contribution in [1.82, 2.24) is 10.2 Å². The van der Waals surface area contributed by atoms with Crippen LogP contribution in [0.25, 0.3) is 0 Å². The quantitative estimate of drug-likeness (QED) is 0.554. The third-order valence-electron chi connectivity index (χ3n) is 2.24. The number of likely N-dealkylation sites (N-methyl/N-ethyl adjacent to an activating group) is 1. The van der Waals surface area contributed by atoms with Gasteiger partial charge in [0, 0.05) is 13.1 Å². The van der Waals surface area contributed by atoms with Crippen LogP contribution in [0, 0.1) is 0 Å². The topological polar surface area (TPSA) is 78.6 Å². The predicted octanol–water partition coefficient (Wildman–Crippen LogP) is -0.457. The summed E-state index contributed by atoms with van der Waals surface area (Å²) in [5.41, 5.74) is 4.73. The minimum atomic E-state index is -0.926. The molecule has 5 heteroatoms. The molecule has 0 aliphatic heterocycles. The van der Waals surface area contributed by atoms with Crippen molar-refractivity contribution in [1.29, 1.82) is 0 Å². The van der Waals surface area contributed by atoms with Crippen LogP contribution in [0.1, 0.15) is 26.7 Å². The van der Waals surface area contributed by atoms with Crippen LogP contribution in [0.5, 0.6) is 0 Å². The fourth-order valence-corrected chi connectivity index (χ4v) is 1.59. The molecule has 0 fully saturated rings. The van der Waals surface area contributed by atoms with Gasteiger partial charge in [0.1, 0.15) is 0 Å². The molecule has 0 aliphatic carbocycles. The summed E-state index contributed by atoms with van der Waals surface area (Å²) in [6.45, 7) is 4.39. The molecule has 0 rings (SSSR count). The van der Waals surface area contributed by atoms with Crippen LogP contribution < -0.4 is 11.1 Å². The zero-order valence-electron chi connectivity index (χ0n) is 10.8. The SMILES string of the molecule is CCCC(N)C(=O)NCC(C)(O)CN(C)C. The second-order valence-electron chi connectivity index (χ2n) is 4.85. The van der Waals surface area contributed by atoms with E-state index in [2.05, 4.69) is 5.32 Å². The Balaban J connectivity index is 3.99. The summed E-state index contributed by atoms with van der Waals surface area (Å²) in [7, 11) is 3.75. The van der Waals surface area contributed by atoms with Crippen LogP contribution in [-0.2, 0) is 4.79 Å². The summed E-state index contributed by atoms with van der Waals surface area (Å²) in [5, 5.41) is 12.6. The molecule has 5 nitrogen and oxygen atoms in total. The number of carbonyl (C=O) groups excluding carboxylic acids is 1. The summed E-state index contributed by atoms with van der Waals surface area (Å²) in [5.74, 6) is -0.194. The molecule has 0 aliphatic rings. The molecule has 0 saturated carbocycles.